The Morgan fingerprint density at radius 1 is 1.50 bits per heavy atom. The first-order valence-electron chi connectivity index (χ1n) is 5.94. The van der Waals surface area contributed by atoms with Crippen LogP contribution in [0.2, 0.25) is 5.02 Å². The summed E-state index contributed by atoms with van der Waals surface area (Å²) in [6, 6.07) is 3.51. The van der Waals surface area contributed by atoms with Gasteiger partial charge in [0.1, 0.15) is 11.0 Å². The molecule has 1 atom stereocenters. The molecule has 8 heteroatoms. The quantitative estimate of drug-likeness (QED) is 0.848. The van der Waals surface area contributed by atoms with Crippen LogP contribution in [0, 0.1) is 0 Å². The number of anilines is 1. The van der Waals surface area contributed by atoms with Gasteiger partial charge in [-0.1, -0.05) is 23.4 Å². The topological polar surface area (TPSA) is 63.2 Å². The number of hydrogen-bond acceptors (Lipinski definition) is 6. The lowest BCUT2D eigenvalue weighted by atomic mass is 10.2. The van der Waals surface area contributed by atoms with Crippen molar-refractivity contribution in [1.82, 2.24) is 8.75 Å². The molecule has 0 spiro atoms. The van der Waals surface area contributed by atoms with Crippen molar-refractivity contribution in [2.24, 2.45) is 0 Å². The van der Waals surface area contributed by atoms with Crippen LogP contribution >= 0.6 is 35.1 Å². The summed E-state index contributed by atoms with van der Waals surface area (Å²) in [5.41, 5.74) is 1.98. The zero-order valence-electron chi connectivity index (χ0n) is 10.5. The van der Waals surface area contributed by atoms with Crippen LogP contribution in [0.5, 0.6) is 0 Å². The lowest BCUT2D eigenvalue weighted by molar-refractivity contribution is -0.117. The van der Waals surface area contributed by atoms with Crippen molar-refractivity contribution in [3.05, 3.63) is 17.2 Å². The number of carbonyl (C=O) groups excluding carboxylic acids is 2. The van der Waals surface area contributed by atoms with Crippen LogP contribution in [0.3, 0.4) is 0 Å². The van der Waals surface area contributed by atoms with Crippen molar-refractivity contribution in [2.75, 3.05) is 11.4 Å². The van der Waals surface area contributed by atoms with Gasteiger partial charge < -0.3 is 4.90 Å². The molecule has 0 N–H and O–H groups in total. The summed E-state index contributed by atoms with van der Waals surface area (Å²) in [7, 11) is 0. The number of aromatic nitrogens is 2. The summed E-state index contributed by atoms with van der Waals surface area (Å²) in [5.74, 6) is -0.0360. The highest BCUT2D eigenvalue weighted by molar-refractivity contribution is 8.14. The van der Waals surface area contributed by atoms with Crippen LogP contribution in [0.25, 0.3) is 11.0 Å². The van der Waals surface area contributed by atoms with Gasteiger partial charge in [0.15, 0.2) is 5.12 Å². The third kappa shape index (κ3) is 2.41. The van der Waals surface area contributed by atoms with E-state index in [4.69, 9.17) is 11.6 Å². The van der Waals surface area contributed by atoms with Crippen LogP contribution in [0.15, 0.2) is 12.1 Å². The van der Waals surface area contributed by atoms with Crippen molar-refractivity contribution >= 4 is 62.8 Å². The van der Waals surface area contributed by atoms with Gasteiger partial charge in [-0.25, -0.2) is 0 Å². The lowest BCUT2D eigenvalue weighted by Gasteiger charge is -2.18. The number of rotatable bonds is 2. The fourth-order valence-electron chi connectivity index (χ4n) is 2.27. The molecule has 1 amide bonds. The van der Waals surface area contributed by atoms with Crippen molar-refractivity contribution in [3.8, 4) is 0 Å². The molecule has 1 aliphatic heterocycles. The highest BCUT2D eigenvalue weighted by Crippen LogP contribution is 2.37. The predicted octanol–water partition coefficient (Wildman–Crippen LogP) is 2.73. The second kappa shape index (κ2) is 5.31. The largest absolute Gasteiger partial charge is 0.308 e. The molecule has 5 nitrogen and oxygen atoms in total. The smallest absolute Gasteiger partial charge is 0.228 e. The number of hydrogen-bond donors (Lipinski definition) is 0. The zero-order valence-corrected chi connectivity index (χ0v) is 12.9. The van der Waals surface area contributed by atoms with Crippen molar-refractivity contribution in [2.45, 2.75) is 18.6 Å². The first-order valence-corrected chi connectivity index (χ1v) is 7.93. The molecule has 1 aromatic heterocycles. The number of carbonyl (C=O) groups is 2. The van der Waals surface area contributed by atoms with Crippen molar-refractivity contribution in [3.63, 3.8) is 0 Å². The summed E-state index contributed by atoms with van der Waals surface area (Å²) >= 11 is 8.52. The Kier molecular flexibility index (Phi) is 3.66. The maximum absolute atomic E-state index is 12.2. The van der Waals surface area contributed by atoms with Crippen LogP contribution in [-0.4, -0.2) is 31.6 Å². The molecular formula is C12H10ClN3O2S2. The Morgan fingerprint density at radius 2 is 2.30 bits per heavy atom. The Labute approximate surface area is 128 Å². The van der Waals surface area contributed by atoms with E-state index in [2.05, 4.69) is 8.75 Å². The molecule has 104 valence electrons. The summed E-state index contributed by atoms with van der Waals surface area (Å²) in [6.45, 7) is 1.98. The lowest BCUT2D eigenvalue weighted by Crippen LogP contribution is -2.25. The molecule has 0 radical (unpaired) electrons. The van der Waals surface area contributed by atoms with Gasteiger partial charge in [-0.15, -0.1) is 0 Å². The Balaban J connectivity index is 1.99. The fourth-order valence-corrected chi connectivity index (χ4v) is 3.99. The second-order valence-corrected chi connectivity index (χ2v) is 6.88. The first kappa shape index (κ1) is 13.8. The average molecular weight is 328 g/mol. The zero-order chi connectivity index (χ0) is 14.3. The Hall–Kier alpha value is -1.18. The molecule has 0 aliphatic carbocycles. The maximum Gasteiger partial charge on any atom is 0.228 e. The first-order chi connectivity index (χ1) is 9.56. The number of fused-ring (bicyclic) bond motifs is 1. The predicted molar refractivity (Wildman–Crippen MR) is 81.5 cm³/mol. The molecule has 3 rings (SSSR count). The van der Waals surface area contributed by atoms with Gasteiger partial charge in [0.05, 0.1) is 22.4 Å². The van der Waals surface area contributed by atoms with E-state index in [1.54, 1.807) is 17.0 Å². The molecule has 1 fully saturated rings. The molecule has 0 bridgehead atoms. The minimum Gasteiger partial charge on any atom is -0.308 e. The molecule has 20 heavy (non-hydrogen) atoms. The van der Waals surface area contributed by atoms with E-state index in [0.717, 1.165) is 17.2 Å². The van der Waals surface area contributed by atoms with E-state index in [0.29, 0.717) is 29.2 Å². The third-order valence-corrected chi connectivity index (χ3v) is 4.87. The number of nitrogens with zero attached hydrogens (tertiary/aromatic N) is 3. The highest BCUT2D eigenvalue weighted by atomic mass is 35.5. The van der Waals surface area contributed by atoms with Crippen molar-refractivity contribution in [1.29, 1.82) is 0 Å². The van der Waals surface area contributed by atoms with Gasteiger partial charge in [-0.2, -0.15) is 8.75 Å². The van der Waals surface area contributed by atoms with Crippen LogP contribution in [-0.2, 0) is 9.59 Å². The van der Waals surface area contributed by atoms with E-state index in [9.17, 15) is 9.59 Å². The molecule has 1 aliphatic rings. The van der Waals surface area contributed by atoms with Crippen molar-refractivity contribution < 1.29 is 9.59 Å². The molecule has 1 aromatic carbocycles. The normalized spacial score (nSPS) is 19.0. The van der Waals surface area contributed by atoms with E-state index < -0.39 is 0 Å². The van der Waals surface area contributed by atoms with Gasteiger partial charge in [0.2, 0.25) is 5.91 Å². The van der Waals surface area contributed by atoms with Gasteiger partial charge >= 0.3 is 0 Å². The standard InChI is InChI=1S/C12H10ClN3O2S2/c1-6(17)19-7-4-10(18)16(5-7)12-8(13)2-3-9-11(12)15-20-14-9/h2-3,7H,4-5H2,1H3. The average Bonchev–Trinajstić information content (AvgIpc) is 2.95. The van der Waals surface area contributed by atoms with Crippen LogP contribution < -0.4 is 4.90 Å². The molecule has 2 aromatic rings. The van der Waals surface area contributed by atoms with Gasteiger partial charge in [-0.05, 0) is 12.1 Å². The maximum atomic E-state index is 12.2. The Bertz CT molecular complexity index is 703. The fraction of sp³-hybridized carbons (Fsp3) is 0.333. The monoisotopic (exact) mass is 327 g/mol. The van der Waals surface area contributed by atoms with Gasteiger partial charge in [-0.3, -0.25) is 9.59 Å². The minimum absolute atomic E-state index is 0.0179. The summed E-state index contributed by atoms with van der Waals surface area (Å²) < 4.78 is 8.38. The van der Waals surface area contributed by atoms with Crippen LogP contribution in [0.4, 0.5) is 5.69 Å². The van der Waals surface area contributed by atoms with E-state index >= 15 is 0 Å². The molecule has 0 saturated carbocycles. The summed E-state index contributed by atoms with van der Waals surface area (Å²) in [4.78, 5) is 25.0. The number of halogens is 1. The molecular weight excluding hydrogens is 318 g/mol. The third-order valence-electron chi connectivity index (χ3n) is 3.04. The Morgan fingerprint density at radius 3 is 3.05 bits per heavy atom. The van der Waals surface area contributed by atoms with E-state index in [-0.39, 0.29) is 16.3 Å². The van der Waals surface area contributed by atoms with E-state index in [1.807, 2.05) is 0 Å². The number of thioether (sulfide) groups is 1. The van der Waals surface area contributed by atoms with Gasteiger partial charge in [0, 0.05) is 25.1 Å². The highest BCUT2D eigenvalue weighted by Gasteiger charge is 2.34. The second-order valence-electron chi connectivity index (χ2n) is 4.47. The number of benzene rings is 1. The molecule has 2 heterocycles. The van der Waals surface area contributed by atoms with E-state index in [1.165, 1.54) is 18.7 Å². The molecule has 1 unspecified atom stereocenters. The van der Waals surface area contributed by atoms with Crippen LogP contribution in [0.1, 0.15) is 13.3 Å². The number of amides is 1. The SMILES string of the molecule is CC(=O)SC1CC(=O)N(c2c(Cl)ccc3nsnc23)C1. The van der Waals surface area contributed by atoms with Gasteiger partial charge in [0.25, 0.3) is 0 Å². The summed E-state index contributed by atoms with van der Waals surface area (Å²) in [6.07, 6.45) is 0.342. The summed E-state index contributed by atoms with van der Waals surface area (Å²) in [5, 5.41) is 0.467. The minimum atomic E-state index is -0.0360. The molecule has 1 saturated heterocycles.